The summed E-state index contributed by atoms with van der Waals surface area (Å²) in [5, 5.41) is 0.665. The molecule has 1 fully saturated rings. The highest BCUT2D eigenvalue weighted by molar-refractivity contribution is 6.29. The van der Waals surface area contributed by atoms with Gasteiger partial charge in [-0.15, -0.1) is 0 Å². The summed E-state index contributed by atoms with van der Waals surface area (Å²) in [6.07, 6.45) is 3.42. The van der Waals surface area contributed by atoms with E-state index in [4.69, 9.17) is 16.3 Å². The average molecular weight is 323 g/mol. The highest BCUT2D eigenvalue weighted by Crippen LogP contribution is 2.16. The Kier molecular flexibility index (Phi) is 4.44. The van der Waals surface area contributed by atoms with E-state index in [1.807, 2.05) is 11.6 Å². The van der Waals surface area contributed by atoms with Crippen LogP contribution in [0.5, 0.6) is 5.88 Å². The number of hydrogen-bond acceptors (Lipinski definition) is 6. The minimum atomic E-state index is 0.593. The molecule has 8 heteroatoms. The fraction of sp³-hybridized carbons (Fsp3) is 0.500. The Morgan fingerprint density at radius 2 is 2.00 bits per heavy atom. The van der Waals surface area contributed by atoms with Gasteiger partial charge in [0.15, 0.2) is 0 Å². The number of aromatic nitrogens is 4. The summed E-state index contributed by atoms with van der Waals surface area (Å²) in [6, 6.07) is 1.75. The Bertz CT molecular complexity index is 638. The van der Waals surface area contributed by atoms with Gasteiger partial charge in [-0.05, 0) is 0 Å². The molecule has 0 aliphatic carbocycles. The fourth-order valence-corrected chi connectivity index (χ4v) is 2.62. The van der Waals surface area contributed by atoms with Crippen LogP contribution in [0.4, 0.5) is 5.95 Å². The molecule has 1 aliphatic heterocycles. The fourth-order valence-electron chi connectivity index (χ4n) is 2.48. The first kappa shape index (κ1) is 15.1. The van der Waals surface area contributed by atoms with Gasteiger partial charge in [0, 0.05) is 45.5 Å². The standard InChI is InChI=1S/C14H19ClN6O/c1-19-11(15)9-17-12(19)10-20-5-7-21(8-6-20)14-16-4-3-13(18-14)22-2/h3-4,9H,5-8,10H2,1-2H3. The first-order valence-electron chi connectivity index (χ1n) is 7.18. The molecule has 0 amide bonds. The van der Waals surface area contributed by atoms with Crippen LogP contribution in [0.15, 0.2) is 18.5 Å². The van der Waals surface area contributed by atoms with E-state index in [0.717, 1.165) is 44.5 Å². The second-order valence-corrected chi connectivity index (χ2v) is 5.61. The summed E-state index contributed by atoms with van der Waals surface area (Å²) >= 11 is 6.02. The van der Waals surface area contributed by atoms with Gasteiger partial charge in [0.05, 0.1) is 19.9 Å². The van der Waals surface area contributed by atoms with Crippen molar-refractivity contribution in [2.24, 2.45) is 7.05 Å². The molecule has 0 spiro atoms. The van der Waals surface area contributed by atoms with Gasteiger partial charge in [-0.1, -0.05) is 11.6 Å². The second kappa shape index (κ2) is 6.50. The van der Waals surface area contributed by atoms with E-state index in [1.54, 1.807) is 25.6 Å². The molecule has 118 valence electrons. The van der Waals surface area contributed by atoms with E-state index in [0.29, 0.717) is 11.0 Å². The maximum atomic E-state index is 6.02. The smallest absolute Gasteiger partial charge is 0.228 e. The van der Waals surface area contributed by atoms with Crippen molar-refractivity contribution < 1.29 is 4.74 Å². The Labute approximate surface area is 134 Å². The van der Waals surface area contributed by atoms with Gasteiger partial charge in [0.25, 0.3) is 0 Å². The summed E-state index contributed by atoms with van der Waals surface area (Å²) in [5.74, 6) is 2.30. The second-order valence-electron chi connectivity index (χ2n) is 5.22. The molecule has 3 heterocycles. The first-order chi connectivity index (χ1) is 10.7. The number of halogens is 1. The molecule has 0 bridgehead atoms. The van der Waals surface area contributed by atoms with E-state index >= 15 is 0 Å². The lowest BCUT2D eigenvalue weighted by Gasteiger charge is -2.34. The lowest BCUT2D eigenvalue weighted by molar-refractivity contribution is 0.240. The number of ether oxygens (including phenoxy) is 1. The van der Waals surface area contributed by atoms with Crippen LogP contribution in [0.2, 0.25) is 5.15 Å². The van der Waals surface area contributed by atoms with Crippen molar-refractivity contribution in [1.29, 1.82) is 0 Å². The van der Waals surface area contributed by atoms with E-state index in [2.05, 4.69) is 24.8 Å². The largest absolute Gasteiger partial charge is 0.481 e. The van der Waals surface area contributed by atoms with E-state index in [-0.39, 0.29) is 0 Å². The molecule has 1 aliphatic rings. The van der Waals surface area contributed by atoms with Crippen LogP contribution in [0.1, 0.15) is 5.82 Å². The number of rotatable bonds is 4. The van der Waals surface area contributed by atoms with Crippen molar-refractivity contribution in [2.45, 2.75) is 6.54 Å². The molecule has 22 heavy (non-hydrogen) atoms. The normalized spacial score (nSPS) is 16.0. The van der Waals surface area contributed by atoms with E-state index in [1.165, 1.54) is 0 Å². The van der Waals surface area contributed by atoms with Gasteiger partial charge in [0.2, 0.25) is 11.8 Å². The number of piperazine rings is 1. The molecule has 7 nitrogen and oxygen atoms in total. The number of hydrogen-bond donors (Lipinski definition) is 0. The molecule has 0 N–H and O–H groups in total. The van der Waals surface area contributed by atoms with Crippen molar-refractivity contribution in [3.63, 3.8) is 0 Å². The zero-order valence-corrected chi connectivity index (χ0v) is 13.5. The van der Waals surface area contributed by atoms with Gasteiger partial charge >= 0.3 is 0 Å². The molecule has 1 saturated heterocycles. The number of nitrogens with zero attached hydrogens (tertiary/aromatic N) is 6. The van der Waals surface area contributed by atoms with E-state index < -0.39 is 0 Å². The third kappa shape index (κ3) is 3.15. The monoisotopic (exact) mass is 322 g/mol. The van der Waals surface area contributed by atoms with Crippen molar-refractivity contribution >= 4 is 17.5 Å². The maximum Gasteiger partial charge on any atom is 0.228 e. The summed E-state index contributed by atoms with van der Waals surface area (Å²) in [5.41, 5.74) is 0. The van der Waals surface area contributed by atoms with Gasteiger partial charge in [0.1, 0.15) is 11.0 Å². The average Bonchev–Trinajstić information content (AvgIpc) is 2.88. The van der Waals surface area contributed by atoms with Crippen LogP contribution >= 0.6 is 11.6 Å². The van der Waals surface area contributed by atoms with Gasteiger partial charge in [-0.2, -0.15) is 4.98 Å². The highest BCUT2D eigenvalue weighted by Gasteiger charge is 2.20. The lowest BCUT2D eigenvalue weighted by atomic mass is 10.3. The van der Waals surface area contributed by atoms with Crippen LogP contribution in [0.3, 0.4) is 0 Å². The van der Waals surface area contributed by atoms with Crippen molar-refractivity contribution in [2.75, 3.05) is 38.2 Å². The Hall–Kier alpha value is -1.86. The quantitative estimate of drug-likeness (QED) is 0.843. The predicted octanol–water partition coefficient (Wildman–Crippen LogP) is 1.19. The van der Waals surface area contributed by atoms with Crippen LogP contribution in [0, 0.1) is 0 Å². The third-order valence-corrected chi connectivity index (χ3v) is 4.23. The van der Waals surface area contributed by atoms with Crippen LogP contribution in [0.25, 0.3) is 0 Å². The third-order valence-electron chi connectivity index (χ3n) is 3.87. The van der Waals surface area contributed by atoms with E-state index in [9.17, 15) is 0 Å². The zero-order chi connectivity index (χ0) is 15.5. The predicted molar refractivity (Wildman–Crippen MR) is 84.3 cm³/mol. The van der Waals surface area contributed by atoms with Gasteiger partial charge in [-0.3, -0.25) is 4.90 Å². The minimum absolute atomic E-state index is 0.593. The number of anilines is 1. The highest BCUT2D eigenvalue weighted by atomic mass is 35.5. The molecule has 3 rings (SSSR count). The number of imidazole rings is 1. The Balaban J connectivity index is 1.59. The zero-order valence-electron chi connectivity index (χ0n) is 12.7. The maximum absolute atomic E-state index is 6.02. The summed E-state index contributed by atoms with van der Waals surface area (Å²) < 4.78 is 7.07. The summed E-state index contributed by atoms with van der Waals surface area (Å²) in [4.78, 5) is 17.6. The molecule has 2 aromatic heterocycles. The van der Waals surface area contributed by atoms with Crippen molar-refractivity contribution in [3.05, 3.63) is 29.4 Å². The SMILES string of the molecule is COc1ccnc(N2CCN(Cc3ncc(Cl)n3C)CC2)n1. The Morgan fingerprint density at radius 3 is 2.64 bits per heavy atom. The van der Waals surface area contributed by atoms with Crippen molar-refractivity contribution in [3.8, 4) is 5.88 Å². The molecular weight excluding hydrogens is 304 g/mol. The molecule has 0 unspecified atom stereocenters. The number of methoxy groups -OCH3 is 1. The Morgan fingerprint density at radius 1 is 1.23 bits per heavy atom. The summed E-state index contributed by atoms with van der Waals surface area (Å²) in [7, 11) is 3.55. The summed E-state index contributed by atoms with van der Waals surface area (Å²) in [6.45, 7) is 4.43. The van der Waals surface area contributed by atoms with Gasteiger partial charge in [-0.25, -0.2) is 9.97 Å². The topological polar surface area (TPSA) is 59.3 Å². The van der Waals surface area contributed by atoms with Crippen LogP contribution in [-0.4, -0.2) is 57.7 Å². The molecule has 0 aromatic carbocycles. The molecule has 0 radical (unpaired) electrons. The van der Waals surface area contributed by atoms with Crippen LogP contribution < -0.4 is 9.64 Å². The molecule has 0 atom stereocenters. The molecule has 2 aromatic rings. The van der Waals surface area contributed by atoms with Crippen LogP contribution in [-0.2, 0) is 13.6 Å². The lowest BCUT2D eigenvalue weighted by Crippen LogP contribution is -2.46. The van der Waals surface area contributed by atoms with Crippen molar-refractivity contribution in [1.82, 2.24) is 24.4 Å². The van der Waals surface area contributed by atoms with Gasteiger partial charge < -0.3 is 14.2 Å². The minimum Gasteiger partial charge on any atom is -0.481 e. The first-order valence-corrected chi connectivity index (χ1v) is 7.55. The molecule has 0 saturated carbocycles. The molecular formula is C14H19ClN6O.